The zero-order valence-corrected chi connectivity index (χ0v) is 15.6. The second-order valence-electron chi connectivity index (χ2n) is 7.65. The molecule has 0 saturated heterocycles. The van der Waals surface area contributed by atoms with Gasteiger partial charge in [0.05, 0.1) is 12.2 Å². The number of rotatable bonds is 2. The minimum Gasteiger partial charge on any atom is -0.362 e. The van der Waals surface area contributed by atoms with Crippen molar-refractivity contribution in [1.29, 1.82) is 0 Å². The molecule has 0 spiro atoms. The van der Waals surface area contributed by atoms with Gasteiger partial charge in [0.1, 0.15) is 5.82 Å². The Labute approximate surface area is 148 Å². The Hall–Kier alpha value is -2.50. The topological polar surface area (TPSA) is 62.2 Å². The molecule has 0 radical (unpaired) electrons. The summed E-state index contributed by atoms with van der Waals surface area (Å²) in [6.45, 7) is 7.12. The van der Waals surface area contributed by atoms with Crippen molar-refractivity contribution in [3.63, 3.8) is 0 Å². The van der Waals surface area contributed by atoms with E-state index < -0.39 is 0 Å². The first kappa shape index (κ1) is 17.3. The van der Waals surface area contributed by atoms with E-state index >= 15 is 0 Å². The van der Waals surface area contributed by atoms with E-state index in [1.165, 1.54) is 0 Å². The first-order valence-electron chi connectivity index (χ1n) is 8.54. The molecule has 0 bridgehead atoms. The molecule has 2 aromatic heterocycles. The number of carbonyl (C=O) groups is 1. The van der Waals surface area contributed by atoms with Crippen molar-refractivity contribution >= 4 is 11.7 Å². The molecule has 3 heterocycles. The number of carbonyl (C=O) groups excluding carboxylic acids is 1. The first-order chi connectivity index (χ1) is 11.8. The van der Waals surface area contributed by atoms with Crippen molar-refractivity contribution in [2.24, 2.45) is 5.41 Å². The standard InChI is InChI=1S/C19H25N5O/c1-19(2,3)18(25)24-11-8-14-15(12-24)21-16(22-17(14)23(4)5)13-6-9-20-10-7-13/h6-7,9-10H,8,11-12H2,1-5H3. The summed E-state index contributed by atoms with van der Waals surface area (Å²) in [5.74, 6) is 1.77. The summed E-state index contributed by atoms with van der Waals surface area (Å²) < 4.78 is 0. The summed E-state index contributed by atoms with van der Waals surface area (Å²) in [7, 11) is 3.98. The van der Waals surface area contributed by atoms with E-state index in [1.807, 2.05) is 56.8 Å². The van der Waals surface area contributed by atoms with Crippen LogP contribution >= 0.6 is 0 Å². The fourth-order valence-corrected chi connectivity index (χ4v) is 3.06. The summed E-state index contributed by atoms with van der Waals surface area (Å²) in [6.07, 6.45) is 4.26. The molecule has 0 aromatic carbocycles. The quantitative estimate of drug-likeness (QED) is 0.841. The molecule has 0 N–H and O–H groups in total. The maximum absolute atomic E-state index is 12.7. The predicted octanol–water partition coefficient (Wildman–Crippen LogP) is 2.54. The Morgan fingerprint density at radius 3 is 2.44 bits per heavy atom. The number of hydrogen-bond donors (Lipinski definition) is 0. The van der Waals surface area contributed by atoms with Gasteiger partial charge >= 0.3 is 0 Å². The third-order valence-electron chi connectivity index (χ3n) is 4.33. The lowest BCUT2D eigenvalue weighted by atomic mass is 9.93. The molecule has 2 aromatic rings. The minimum absolute atomic E-state index is 0.161. The van der Waals surface area contributed by atoms with Crippen LogP contribution in [0.1, 0.15) is 32.0 Å². The van der Waals surface area contributed by atoms with Gasteiger partial charge in [-0.2, -0.15) is 0 Å². The molecular formula is C19H25N5O. The van der Waals surface area contributed by atoms with Gasteiger partial charge in [0.25, 0.3) is 0 Å². The molecule has 0 aliphatic carbocycles. The van der Waals surface area contributed by atoms with E-state index in [9.17, 15) is 4.79 Å². The van der Waals surface area contributed by atoms with Crippen molar-refractivity contribution in [2.45, 2.75) is 33.7 Å². The summed E-state index contributed by atoms with van der Waals surface area (Å²) in [4.78, 5) is 30.2. The lowest BCUT2D eigenvalue weighted by molar-refractivity contribution is -0.140. The number of pyridine rings is 1. The number of nitrogens with zero attached hydrogens (tertiary/aromatic N) is 5. The maximum atomic E-state index is 12.7. The Bertz CT molecular complexity index is 780. The zero-order valence-electron chi connectivity index (χ0n) is 15.6. The van der Waals surface area contributed by atoms with Crippen LogP contribution in [-0.2, 0) is 17.8 Å². The highest BCUT2D eigenvalue weighted by molar-refractivity contribution is 5.82. The van der Waals surface area contributed by atoms with E-state index in [0.29, 0.717) is 18.9 Å². The van der Waals surface area contributed by atoms with Gasteiger partial charge in [0, 0.05) is 49.6 Å². The number of amides is 1. The minimum atomic E-state index is -0.386. The second kappa shape index (κ2) is 6.43. The second-order valence-corrected chi connectivity index (χ2v) is 7.65. The number of fused-ring (bicyclic) bond motifs is 1. The third kappa shape index (κ3) is 3.48. The SMILES string of the molecule is CN(C)c1nc(-c2ccncc2)nc2c1CCN(C(=O)C(C)(C)C)C2. The van der Waals surface area contributed by atoms with Crippen LogP contribution in [0.15, 0.2) is 24.5 Å². The number of anilines is 1. The van der Waals surface area contributed by atoms with Crippen molar-refractivity contribution in [1.82, 2.24) is 19.9 Å². The molecule has 3 rings (SSSR count). The predicted molar refractivity (Wildman–Crippen MR) is 98.2 cm³/mol. The van der Waals surface area contributed by atoms with Gasteiger partial charge in [-0.05, 0) is 18.6 Å². The smallest absolute Gasteiger partial charge is 0.228 e. The monoisotopic (exact) mass is 339 g/mol. The Kier molecular flexibility index (Phi) is 4.45. The van der Waals surface area contributed by atoms with Gasteiger partial charge in [-0.15, -0.1) is 0 Å². The Balaban J connectivity index is 2.03. The molecular weight excluding hydrogens is 314 g/mol. The van der Waals surface area contributed by atoms with E-state index in [4.69, 9.17) is 9.97 Å². The fraction of sp³-hybridized carbons (Fsp3) is 0.474. The summed E-state index contributed by atoms with van der Waals surface area (Å²) in [5, 5.41) is 0. The summed E-state index contributed by atoms with van der Waals surface area (Å²) in [5.41, 5.74) is 2.62. The first-order valence-corrected chi connectivity index (χ1v) is 8.54. The van der Waals surface area contributed by atoms with Gasteiger partial charge in [0.2, 0.25) is 5.91 Å². The van der Waals surface area contributed by atoms with Gasteiger partial charge in [-0.25, -0.2) is 9.97 Å². The molecule has 0 atom stereocenters. The van der Waals surface area contributed by atoms with Crippen LogP contribution < -0.4 is 4.90 Å². The van der Waals surface area contributed by atoms with Gasteiger partial charge < -0.3 is 9.80 Å². The van der Waals surface area contributed by atoms with Crippen LogP contribution in [-0.4, -0.2) is 46.4 Å². The molecule has 0 fully saturated rings. The summed E-state index contributed by atoms with van der Waals surface area (Å²) in [6, 6.07) is 3.81. The van der Waals surface area contributed by atoms with E-state index in [-0.39, 0.29) is 11.3 Å². The summed E-state index contributed by atoms with van der Waals surface area (Å²) >= 11 is 0. The highest BCUT2D eigenvalue weighted by Crippen LogP contribution is 2.30. The maximum Gasteiger partial charge on any atom is 0.228 e. The van der Waals surface area contributed by atoms with Crippen LogP contribution in [0.5, 0.6) is 0 Å². The van der Waals surface area contributed by atoms with Crippen LogP contribution in [0.3, 0.4) is 0 Å². The normalized spacial score (nSPS) is 14.2. The van der Waals surface area contributed by atoms with Crippen LogP contribution in [0.4, 0.5) is 5.82 Å². The number of hydrogen-bond acceptors (Lipinski definition) is 5. The molecule has 25 heavy (non-hydrogen) atoms. The van der Waals surface area contributed by atoms with E-state index in [0.717, 1.165) is 29.1 Å². The van der Waals surface area contributed by atoms with Crippen LogP contribution in [0, 0.1) is 5.41 Å². The highest BCUT2D eigenvalue weighted by Gasteiger charge is 2.31. The van der Waals surface area contributed by atoms with Crippen LogP contribution in [0.2, 0.25) is 0 Å². The number of aromatic nitrogens is 3. The molecule has 6 nitrogen and oxygen atoms in total. The van der Waals surface area contributed by atoms with Crippen LogP contribution in [0.25, 0.3) is 11.4 Å². The Morgan fingerprint density at radius 1 is 1.16 bits per heavy atom. The van der Waals surface area contributed by atoms with Crippen molar-refractivity contribution < 1.29 is 4.79 Å². The molecule has 0 saturated carbocycles. The zero-order chi connectivity index (χ0) is 18.2. The molecule has 1 aliphatic rings. The average molecular weight is 339 g/mol. The van der Waals surface area contributed by atoms with Crippen molar-refractivity contribution in [2.75, 3.05) is 25.5 Å². The molecule has 1 amide bonds. The fourth-order valence-electron chi connectivity index (χ4n) is 3.06. The molecule has 132 valence electrons. The molecule has 0 unspecified atom stereocenters. The van der Waals surface area contributed by atoms with Crippen molar-refractivity contribution in [3.8, 4) is 11.4 Å². The van der Waals surface area contributed by atoms with Gasteiger partial charge in [-0.1, -0.05) is 20.8 Å². The van der Waals surface area contributed by atoms with E-state index in [2.05, 4.69) is 4.98 Å². The molecule has 6 heteroatoms. The largest absolute Gasteiger partial charge is 0.362 e. The van der Waals surface area contributed by atoms with Gasteiger partial charge in [0.15, 0.2) is 5.82 Å². The molecule has 1 aliphatic heterocycles. The average Bonchev–Trinajstić information content (AvgIpc) is 2.59. The van der Waals surface area contributed by atoms with E-state index in [1.54, 1.807) is 12.4 Å². The Morgan fingerprint density at radius 2 is 1.84 bits per heavy atom. The lowest BCUT2D eigenvalue weighted by Gasteiger charge is -2.34. The highest BCUT2D eigenvalue weighted by atomic mass is 16.2. The third-order valence-corrected chi connectivity index (χ3v) is 4.33. The lowest BCUT2D eigenvalue weighted by Crippen LogP contribution is -2.43. The van der Waals surface area contributed by atoms with Crippen molar-refractivity contribution in [3.05, 3.63) is 35.8 Å². The van der Waals surface area contributed by atoms with Gasteiger partial charge in [-0.3, -0.25) is 9.78 Å².